The average molecular weight is 344 g/mol. The van der Waals surface area contributed by atoms with E-state index in [1.807, 2.05) is 13.0 Å². The third kappa shape index (κ3) is 4.80. The maximum atomic E-state index is 13.9. The third-order valence-corrected chi connectivity index (χ3v) is 4.62. The molecule has 0 spiro atoms. The summed E-state index contributed by atoms with van der Waals surface area (Å²) in [5, 5.41) is 3.40. The fourth-order valence-corrected chi connectivity index (χ4v) is 3.47. The van der Waals surface area contributed by atoms with Crippen molar-refractivity contribution in [1.29, 1.82) is 0 Å². The first-order chi connectivity index (χ1) is 10.8. The van der Waals surface area contributed by atoms with Gasteiger partial charge in [0, 0.05) is 51.9 Å². The Labute approximate surface area is 144 Å². The van der Waals surface area contributed by atoms with Gasteiger partial charge in [0.15, 0.2) is 11.6 Å². The molecule has 1 aromatic carbocycles. The highest BCUT2D eigenvalue weighted by atomic mass is 35.5. The number of piperazine rings is 1. The molecule has 2 saturated heterocycles. The number of likely N-dealkylation sites (tertiary alicyclic amines) is 1. The number of halogens is 2. The summed E-state index contributed by atoms with van der Waals surface area (Å²) < 4.78 is 19.2. The van der Waals surface area contributed by atoms with Crippen molar-refractivity contribution in [2.24, 2.45) is 0 Å². The summed E-state index contributed by atoms with van der Waals surface area (Å²) in [5.41, 5.74) is 1.03. The zero-order chi connectivity index (χ0) is 15.4. The van der Waals surface area contributed by atoms with Gasteiger partial charge in [-0.1, -0.05) is 6.07 Å². The molecule has 0 aliphatic carbocycles. The van der Waals surface area contributed by atoms with Crippen molar-refractivity contribution < 1.29 is 9.13 Å². The molecule has 2 heterocycles. The lowest BCUT2D eigenvalue weighted by molar-refractivity contribution is 0.170. The summed E-state index contributed by atoms with van der Waals surface area (Å²) >= 11 is 0. The van der Waals surface area contributed by atoms with E-state index in [1.165, 1.54) is 6.42 Å². The van der Waals surface area contributed by atoms with Crippen LogP contribution in [0.15, 0.2) is 18.2 Å². The van der Waals surface area contributed by atoms with Gasteiger partial charge in [-0.2, -0.15) is 0 Å². The predicted molar refractivity (Wildman–Crippen MR) is 92.9 cm³/mol. The molecule has 2 aliphatic heterocycles. The minimum atomic E-state index is -0.253. The van der Waals surface area contributed by atoms with Crippen LogP contribution in [0.4, 0.5) is 4.39 Å². The van der Waals surface area contributed by atoms with Crippen molar-refractivity contribution in [3.05, 3.63) is 29.6 Å². The van der Waals surface area contributed by atoms with Crippen LogP contribution in [0.1, 0.15) is 18.9 Å². The molecule has 0 radical (unpaired) electrons. The topological polar surface area (TPSA) is 27.7 Å². The Kier molecular flexibility index (Phi) is 7.09. The van der Waals surface area contributed by atoms with Crippen molar-refractivity contribution >= 4 is 12.4 Å². The molecule has 3 rings (SSSR count). The van der Waals surface area contributed by atoms with E-state index < -0.39 is 0 Å². The Hall–Kier alpha value is -0.880. The smallest absolute Gasteiger partial charge is 0.165 e. The van der Waals surface area contributed by atoms with Crippen molar-refractivity contribution in [2.45, 2.75) is 25.9 Å². The first-order valence-corrected chi connectivity index (χ1v) is 8.34. The Balaban J connectivity index is 0.00000192. The van der Waals surface area contributed by atoms with Crippen LogP contribution >= 0.6 is 12.4 Å². The van der Waals surface area contributed by atoms with E-state index in [0.717, 1.165) is 51.4 Å². The van der Waals surface area contributed by atoms with E-state index in [4.69, 9.17) is 4.74 Å². The number of rotatable bonds is 5. The fourth-order valence-electron chi connectivity index (χ4n) is 3.47. The summed E-state index contributed by atoms with van der Waals surface area (Å²) in [7, 11) is 0. The zero-order valence-electron chi connectivity index (χ0n) is 13.8. The minimum Gasteiger partial charge on any atom is -0.491 e. The van der Waals surface area contributed by atoms with Crippen molar-refractivity contribution in [3.8, 4) is 5.75 Å². The van der Waals surface area contributed by atoms with Gasteiger partial charge < -0.3 is 10.1 Å². The first-order valence-electron chi connectivity index (χ1n) is 8.34. The summed E-state index contributed by atoms with van der Waals surface area (Å²) in [6.45, 7) is 9.88. The number of nitrogens with one attached hydrogen (secondary N) is 1. The Morgan fingerprint density at radius 2 is 2.04 bits per heavy atom. The van der Waals surface area contributed by atoms with E-state index in [-0.39, 0.29) is 18.2 Å². The third-order valence-electron chi connectivity index (χ3n) is 4.62. The summed E-state index contributed by atoms with van der Waals surface area (Å²) in [4.78, 5) is 5.02. The molecule has 0 saturated carbocycles. The van der Waals surface area contributed by atoms with Gasteiger partial charge in [-0.25, -0.2) is 4.39 Å². The molecule has 23 heavy (non-hydrogen) atoms. The largest absolute Gasteiger partial charge is 0.491 e. The van der Waals surface area contributed by atoms with Crippen molar-refractivity contribution in [1.82, 2.24) is 15.1 Å². The van der Waals surface area contributed by atoms with Gasteiger partial charge >= 0.3 is 0 Å². The summed E-state index contributed by atoms with van der Waals surface area (Å²) in [5.74, 6) is 0.101. The van der Waals surface area contributed by atoms with E-state index in [2.05, 4.69) is 15.1 Å². The maximum absolute atomic E-state index is 13.9. The molecule has 2 aliphatic rings. The van der Waals surface area contributed by atoms with Crippen LogP contribution in [0.25, 0.3) is 0 Å². The Morgan fingerprint density at radius 1 is 1.26 bits per heavy atom. The van der Waals surface area contributed by atoms with Crippen LogP contribution in [-0.2, 0) is 6.54 Å². The molecule has 4 nitrogen and oxygen atoms in total. The van der Waals surface area contributed by atoms with Crippen molar-refractivity contribution in [3.63, 3.8) is 0 Å². The van der Waals surface area contributed by atoms with Crippen molar-refractivity contribution in [2.75, 3.05) is 45.9 Å². The fraction of sp³-hybridized carbons (Fsp3) is 0.647. The summed E-state index contributed by atoms with van der Waals surface area (Å²) in [6.07, 6.45) is 1.22. The molecule has 0 amide bonds. The van der Waals surface area contributed by atoms with Crippen LogP contribution < -0.4 is 10.1 Å². The first kappa shape index (κ1) is 18.5. The van der Waals surface area contributed by atoms with Gasteiger partial charge in [-0.3, -0.25) is 9.80 Å². The molecule has 6 heteroatoms. The van der Waals surface area contributed by atoms with E-state index in [1.54, 1.807) is 12.1 Å². The number of hydrogen-bond acceptors (Lipinski definition) is 4. The van der Waals surface area contributed by atoms with Crippen LogP contribution in [-0.4, -0.2) is 61.7 Å². The van der Waals surface area contributed by atoms with E-state index in [9.17, 15) is 4.39 Å². The maximum Gasteiger partial charge on any atom is 0.165 e. The lowest BCUT2D eigenvalue weighted by atomic mass is 10.2. The highest BCUT2D eigenvalue weighted by molar-refractivity contribution is 5.85. The number of hydrogen-bond donors (Lipinski definition) is 1. The quantitative estimate of drug-likeness (QED) is 0.886. The van der Waals surface area contributed by atoms with E-state index in [0.29, 0.717) is 18.4 Å². The highest BCUT2D eigenvalue weighted by Gasteiger charge is 2.28. The second-order valence-corrected chi connectivity index (χ2v) is 6.16. The van der Waals surface area contributed by atoms with E-state index >= 15 is 0 Å². The molecule has 2 fully saturated rings. The summed E-state index contributed by atoms with van der Waals surface area (Å²) in [6, 6.07) is 6.00. The van der Waals surface area contributed by atoms with Crippen LogP contribution in [0.5, 0.6) is 5.75 Å². The van der Waals surface area contributed by atoms with Crippen LogP contribution in [0.2, 0.25) is 0 Å². The normalized spacial score (nSPS) is 22.8. The molecule has 1 N–H and O–H groups in total. The van der Waals surface area contributed by atoms with Gasteiger partial charge in [0.25, 0.3) is 0 Å². The molecule has 1 unspecified atom stereocenters. The molecular formula is C17H27ClFN3O. The molecule has 1 atom stereocenters. The van der Waals surface area contributed by atoms with Gasteiger partial charge in [0.2, 0.25) is 0 Å². The molecule has 130 valence electrons. The zero-order valence-corrected chi connectivity index (χ0v) is 14.6. The van der Waals surface area contributed by atoms with Gasteiger partial charge in [-0.05, 0) is 31.0 Å². The second-order valence-electron chi connectivity index (χ2n) is 6.16. The minimum absolute atomic E-state index is 0. The molecule has 0 bridgehead atoms. The van der Waals surface area contributed by atoms with Crippen LogP contribution in [0, 0.1) is 5.82 Å². The number of ether oxygens (including phenoxy) is 1. The monoisotopic (exact) mass is 343 g/mol. The lowest BCUT2D eigenvalue weighted by Crippen LogP contribution is -2.49. The van der Waals surface area contributed by atoms with Gasteiger partial charge in [0.05, 0.1) is 6.61 Å². The van der Waals surface area contributed by atoms with Crippen LogP contribution in [0.3, 0.4) is 0 Å². The standard InChI is InChI=1S/C17H26FN3O.ClH/c1-2-22-17-4-3-14(11-16(17)18)12-20-8-5-15(13-20)21-9-6-19-7-10-21;/h3-4,11,15,19H,2,5-10,12-13H2,1H3;1H. The molecule has 0 aromatic heterocycles. The SMILES string of the molecule is CCOc1ccc(CN2CCC(N3CCNCC3)C2)cc1F.Cl. The number of benzene rings is 1. The molecule has 1 aromatic rings. The molecular weight excluding hydrogens is 317 g/mol. The number of nitrogens with zero attached hydrogens (tertiary/aromatic N) is 2. The van der Waals surface area contributed by atoms with Gasteiger partial charge in [0.1, 0.15) is 0 Å². The predicted octanol–water partition coefficient (Wildman–Crippen LogP) is 2.13. The average Bonchev–Trinajstić information content (AvgIpc) is 3.00. The Morgan fingerprint density at radius 3 is 2.74 bits per heavy atom. The second kappa shape index (κ2) is 8.83. The highest BCUT2D eigenvalue weighted by Crippen LogP contribution is 2.22. The Bertz CT molecular complexity index is 497. The lowest BCUT2D eigenvalue weighted by Gasteiger charge is -2.32. The van der Waals surface area contributed by atoms with Gasteiger partial charge in [-0.15, -0.1) is 12.4 Å².